The van der Waals surface area contributed by atoms with Gasteiger partial charge in [-0.1, -0.05) is 0 Å². The van der Waals surface area contributed by atoms with Crippen molar-refractivity contribution in [1.82, 2.24) is 15.5 Å². The fourth-order valence-electron chi connectivity index (χ4n) is 3.32. The average molecular weight is 363 g/mol. The fourth-order valence-corrected chi connectivity index (χ4v) is 3.32. The summed E-state index contributed by atoms with van der Waals surface area (Å²) in [5.74, 6) is 0.0372. The first-order chi connectivity index (χ1) is 12.5. The Bertz CT molecular complexity index is 678. The number of amides is 3. The van der Waals surface area contributed by atoms with Gasteiger partial charge in [-0.15, -0.1) is 0 Å². The monoisotopic (exact) mass is 363 g/mol. The maximum Gasteiger partial charge on any atom is 0.317 e. The van der Waals surface area contributed by atoms with Crippen molar-refractivity contribution < 1.29 is 18.7 Å². The molecule has 0 aromatic heterocycles. The Balaban J connectivity index is 1.60. The molecule has 3 amide bonds. The van der Waals surface area contributed by atoms with E-state index in [0.29, 0.717) is 30.4 Å². The van der Waals surface area contributed by atoms with Gasteiger partial charge in [0, 0.05) is 24.7 Å². The van der Waals surface area contributed by atoms with Gasteiger partial charge in [0.25, 0.3) is 0 Å². The number of nitrogens with zero attached hydrogens (tertiary/aromatic N) is 1. The van der Waals surface area contributed by atoms with Crippen molar-refractivity contribution in [3.8, 4) is 5.75 Å². The van der Waals surface area contributed by atoms with Crippen LogP contribution in [0.4, 0.5) is 9.18 Å². The minimum Gasteiger partial charge on any atom is -0.496 e. The lowest BCUT2D eigenvalue weighted by molar-refractivity contribution is -0.126. The lowest BCUT2D eigenvalue weighted by atomic mass is 9.97. The number of methoxy groups -OCH3 is 1. The Kier molecular flexibility index (Phi) is 5.64. The molecule has 2 fully saturated rings. The number of halogens is 1. The van der Waals surface area contributed by atoms with E-state index in [0.717, 1.165) is 25.7 Å². The first-order valence-electron chi connectivity index (χ1n) is 9.17. The number of rotatable bonds is 5. The molecule has 2 aliphatic rings. The molecule has 1 saturated heterocycles. The van der Waals surface area contributed by atoms with E-state index in [1.807, 2.05) is 0 Å². The molecule has 26 heavy (non-hydrogen) atoms. The number of carbonyl (C=O) groups is 2. The zero-order chi connectivity index (χ0) is 18.7. The van der Waals surface area contributed by atoms with Gasteiger partial charge in [-0.2, -0.15) is 0 Å². The molecule has 142 valence electrons. The van der Waals surface area contributed by atoms with Gasteiger partial charge in [0.05, 0.1) is 19.1 Å². The number of hydrogen-bond acceptors (Lipinski definition) is 3. The van der Waals surface area contributed by atoms with Gasteiger partial charge in [0.2, 0.25) is 5.91 Å². The summed E-state index contributed by atoms with van der Waals surface area (Å²) in [6.07, 6.45) is 3.70. The van der Waals surface area contributed by atoms with Crippen LogP contribution in [-0.4, -0.2) is 43.1 Å². The zero-order valence-electron chi connectivity index (χ0n) is 15.3. The Hall–Kier alpha value is -2.31. The van der Waals surface area contributed by atoms with Crippen molar-refractivity contribution >= 4 is 11.9 Å². The van der Waals surface area contributed by atoms with E-state index in [1.54, 1.807) is 17.9 Å². The summed E-state index contributed by atoms with van der Waals surface area (Å²) in [4.78, 5) is 26.5. The van der Waals surface area contributed by atoms with Crippen molar-refractivity contribution in [3.63, 3.8) is 0 Å². The topological polar surface area (TPSA) is 70.7 Å². The third-order valence-electron chi connectivity index (χ3n) is 5.00. The maximum atomic E-state index is 13.6. The van der Waals surface area contributed by atoms with Gasteiger partial charge in [0.1, 0.15) is 11.6 Å². The van der Waals surface area contributed by atoms with Gasteiger partial charge in [-0.05, 0) is 50.8 Å². The van der Waals surface area contributed by atoms with Crippen molar-refractivity contribution in [2.75, 3.05) is 20.2 Å². The van der Waals surface area contributed by atoms with Gasteiger partial charge < -0.3 is 20.3 Å². The second-order valence-corrected chi connectivity index (χ2v) is 7.13. The predicted octanol–water partition coefficient (Wildman–Crippen LogP) is 2.60. The quantitative estimate of drug-likeness (QED) is 0.845. The number of benzene rings is 1. The predicted molar refractivity (Wildman–Crippen MR) is 95.4 cm³/mol. The minimum atomic E-state index is -0.409. The van der Waals surface area contributed by atoms with E-state index < -0.39 is 6.04 Å². The summed E-state index contributed by atoms with van der Waals surface area (Å²) in [5, 5.41) is 5.90. The first-order valence-corrected chi connectivity index (χ1v) is 9.17. The third kappa shape index (κ3) is 4.45. The van der Waals surface area contributed by atoms with Gasteiger partial charge in [-0.25, -0.2) is 9.18 Å². The standard InChI is InChI=1S/C19H26FN3O3/c1-12(16-10-14(20)5-8-17(16)26-2)21-19(25)23-9-3-4-13(11-23)18(24)22-15-6-7-15/h5,8,10,12-13,15H,3-4,6-7,9,11H2,1-2H3,(H,21,25)(H,22,24)/t12-,13+/m1/s1. The van der Waals surface area contributed by atoms with E-state index in [9.17, 15) is 14.0 Å². The molecule has 1 aromatic carbocycles. The van der Waals surface area contributed by atoms with Crippen LogP contribution >= 0.6 is 0 Å². The van der Waals surface area contributed by atoms with E-state index in [2.05, 4.69) is 10.6 Å². The lowest BCUT2D eigenvalue weighted by Gasteiger charge is -2.33. The highest BCUT2D eigenvalue weighted by atomic mass is 19.1. The van der Waals surface area contributed by atoms with Crippen molar-refractivity contribution in [2.24, 2.45) is 5.92 Å². The van der Waals surface area contributed by atoms with E-state index in [-0.39, 0.29) is 23.7 Å². The molecule has 3 rings (SSSR count). The molecule has 6 nitrogen and oxygen atoms in total. The SMILES string of the molecule is COc1ccc(F)cc1[C@@H](C)NC(=O)N1CCC[C@H](C(=O)NC2CC2)C1. The summed E-state index contributed by atoms with van der Waals surface area (Å²) in [6, 6.07) is 3.91. The summed E-state index contributed by atoms with van der Waals surface area (Å²) in [6.45, 7) is 2.82. The van der Waals surface area contributed by atoms with Crippen LogP contribution in [0.1, 0.15) is 44.2 Å². The molecule has 0 unspecified atom stereocenters. The molecule has 1 heterocycles. The molecule has 1 aliphatic carbocycles. The Morgan fingerprint density at radius 1 is 1.31 bits per heavy atom. The van der Waals surface area contributed by atoms with Crippen molar-refractivity contribution in [3.05, 3.63) is 29.6 Å². The van der Waals surface area contributed by atoms with Crippen LogP contribution in [0.3, 0.4) is 0 Å². The van der Waals surface area contributed by atoms with E-state index in [4.69, 9.17) is 4.74 Å². The van der Waals surface area contributed by atoms with Crippen LogP contribution < -0.4 is 15.4 Å². The number of urea groups is 1. The molecule has 7 heteroatoms. The molecule has 0 bridgehead atoms. The minimum absolute atomic E-state index is 0.0462. The second kappa shape index (κ2) is 7.93. The summed E-state index contributed by atoms with van der Waals surface area (Å²) in [7, 11) is 1.51. The third-order valence-corrected chi connectivity index (χ3v) is 5.00. The van der Waals surface area contributed by atoms with Crippen LogP contribution in [-0.2, 0) is 4.79 Å². The summed E-state index contributed by atoms with van der Waals surface area (Å²) < 4.78 is 18.8. The van der Waals surface area contributed by atoms with Gasteiger partial charge in [0.15, 0.2) is 0 Å². The molecule has 0 radical (unpaired) electrons. The highest BCUT2D eigenvalue weighted by Gasteiger charge is 2.32. The van der Waals surface area contributed by atoms with Crippen LogP contribution in [0.25, 0.3) is 0 Å². The number of likely N-dealkylation sites (tertiary alicyclic amines) is 1. The molecule has 2 N–H and O–H groups in total. The van der Waals surface area contributed by atoms with E-state index in [1.165, 1.54) is 19.2 Å². The molecule has 0 spiro atoms. The lowest BCUT2D eigenvalue weighted by Crippen LogP contribution is -2.49. The Labute approximate surface area is 153 Å². The van der Waals surface area contributed by atoms with Crippen LogP contribution in [0, 0.1) is 11.7 Å². The molecule has 1 aromatic rings. The molecule has 1 saturated carbocycles. The number of ether oxygens (including phenoxy) is 1. The molecular weight excluding hydrogens is 337 g/mol. The highest BCUT2D eigenvalue weighted by Crippen LogP contribution is 2.27. The molecular formula is C19H26FN3O3. The van der Waals surface area contributed by atoms with Crippen LogP contribution in [0.15, 0.2) is 18.2 Å². The number of nitrogens with one attached hydrogen (secondary N) is 2. The fraction of sp³-hybridized carbons (Fsp3) is 0.579. The normalized spacial score (nSPS) is 21.0. The second-order valence-electron chi connectivity index (χ2n) is 7.13. The van der Waals surface area contributed by atoms with Gasteiger partial charge in [-0.3, -0.25) is 4.79 Å². The first kappa shape index (κ1) is 18.5. The number of carbonyl (C=O) groups excluding carboxylic acids is 2. The molecule has 2 atom stereocenters. The zero-order valence-corrected chi connectivity index (χ0v) is 15.3. The number of hydrogen-bond donors (Lipinski definition) is 2. The summed E-state index contributed by atoms with van der Waals surface area (Å²) in [5.41, 5.74) is 0.584. The van der Waals surface area contributed by atoms with Crippen molar-refractivity contribution in [1.29, 1.82) is 0 Å². The van der Waals surface area contributed by atoms with Crippen LogP contribution in [0.2, 0.25) is 0 Å². The largest absolute Gasteiger partial charge is 0.496 e. The Morgan fingerprint density at radius 3 is 2.77 bits per heavy atom. The van der Waals surface area contributed by atoms with Crippen LogP contribution in [0.5, 0.6) is 5.75 Å². The van der Waals surface area contributed by atoms with E-state index >= 15 is 0 Å². The van der Waals surface area contributed by atoms with Gasteiger partial charge >= 0.3 is 6.03 Å². The van der Waals surface area contributed by atoms with Crippen molar-refractivity contribution in [2.45, 2.75) is 44.7 Å². The maximum absolute atomic E-state index is 13.6. The highest BCUT2D eigenvalue weighted by molar-refractivity contribution is 5.81. The summed E-state index contributed by atoms with van der Waals surface area (Å²) >= 11 is 0. The Morgan fingerprint density at radius 2 is 2.08 bits per heavy atom. The molecule has 1 aliphatic heterocycles. The number of piperidine rings is 1. The average Bonchev–Trinajstić information content (AvgIpc) is 3.45. The smallest absolute Gasteiger partial charge is 0.317 e.